The molecular weight excluding hydrogens is 624 g/mol. The van der Waals surface area contributed by atoms with Crippen LogP contribution in [-0.4, -0.2) is 23.8 Å². The molecule has 6 nitrogen and oxygen atoms in total. The fraction of sp³-hybridized carbons (Fsp3) is 0.161. The van der Waals surface area contributed by atoms with Gasteiger partial charge in [-0.1, -0.05) is 64.0 Å². The number of esters is 1. The highest BCUT2D eigenvalue weighted by molar-refractivity contribution is 9.10. The standard InChI is InChI=1S/C31H24Br2N2O4/c1-18-8-10-19(11-9-18)25-17-26-23-16-22(32)12-13-27(23)38-30(35(26)34-25)21-14-24(33)29(28(15-21)37-2)39-31(36)20-6-4-3-5-7-20/h3-16,26,30H,17H2,1-2H3/t26-,30+/m1/s1. The molecule has 8 heteroatoms. The number of carbonyl (C=O) groups excluding carboxylic acids is 1. The van der Waals surface area contributed by atoms with Crippen molar-refractivity contribution in [3.8, 4) is 17.2 Å². The maximum atomic E-state index is 12.8. The molecule has 4 aromatic carbocycles. The van der Waals surface area contributed by atoms with E-state index in [4.69, 9.17) is 19.3 Å². The van der Waals surface area contributed by atoms with Gasteiger partial charge in [0.1, 0.15) is 5.75 Å². The Bertz CT molecular complexity index is 1590. The second-order valence-electron chi connectivity index (χ2n) is 9.45. The zero-order valence-electron chi connectivity index (χ0n) is 21.2. The number of hydrogen-bond donors (Lipinski definition) is 0. The molecule has 2 aliphatic heterocycles. The van der Waals surface area contributed by atoms with Crippen molar-refractivity contribution in [3.63, 3.8) is 0 Å². The number of methoxy groups -OCH3 is 1. The minimum absolute atomic E-state index is 0.00657. The second-order valence-corrected chi connectivity index (χ2v) is 11.2. The molecule has 0 aliphatic carbocycles. The number of rotatable bonds is 5. The molecule has 2 aliphatic rings. The van der Waals surface area contributed by atoms with Gasteiger partial charge in [0, 0.05) is 22.0 Å². The van der Waals surface area contributed by atoms with Crippen LogP contribution >= 0.6 is 31.9 Å². The molecule has 196 valence electrons. The normalized spacial score (nSPS) is 17.5. The van der Waals surface area contributed by atoms with E-state index in [-0.39, 0.29) is 6.04 Å². The Morgan fingerprint density at radius 1 is 1.00 bits per heavy atom. The minimum Gasteiger partial charge on any atom is -0.493 e. The molecule has 0 fully saturated rings. The van der Waals surface area contributed by atoms with Crippen LogP contribution in [-0.2, 0) is 0 Å². The van der Waals surface area contributed by atoms with E-state index in [2.05, 4.69) is 69.1 Å². The van der Waals surface area contributed by atoms with Gasteiger partial charge in [-0.25, -0.2) is 9.80 Å². The van der Waals surface area contributed by atoms with Crippen LogP contribution < -0.4 is 14.2 Å². The number of ether oxygens (including phenoxy) is 3. The molecule has 0 aromatic heterocycles. The summed E-state index contributed by atoms with van der Waals surface area (Å²) in [6.07, 6.45) is 0.230. The molecule has 0 bridgehead atoms. The van der Waals surface area contributed by atoms with Crippen molar-refractivity contribution in [2.45, 2.75) is 25.6 Å². The van der Waals surface area contributed by atoms with Gasteiger partial charge in [-0.2, -0.15) is 5.10 Å². The highest BCUT2D eigenvalue weighted by atomic mass is 79.9. The van der Waals surface area contributed by atoms with Crippen molar-refractivity contribution in [2.24, 2.45) is 5.10 Å². The number of benzene rings is 4. The first-order valence-electron chi connectivity index (χ1n) is 12.4. The molecule has 0 saturated carbocycles. The Balaban J connectivity index is 1.39. The van der Waals surface area contributed by atoms with Crippen molar-refractivity contribution in [1.29, 1.82) is 0 Å². The average Bonchev–Trinajstić information content (AvgIpc) is 3.40. The van der Waals surface area contributed by atoms with E-state index in [1.807, 2.05) is 35.3 Å². The molecule has 0 N–H and O–H groups in total. The molecule has 0 amide bonds. The first-order valence-corrected chi connectivity index (χ1v) is 14.0. The highest BCUT2D eigenvalue weighted by Gasteiger charge is 2.41. The van der Waals surface area contributed by atoms with E-state index in [1.165, 1.54) is 5.56 Å². The molecule has 4 aromatic rings. The van der Waals surface area contributed by atoms with Gasteiger partial charge in [-0.05, 0) is 70.9 Å². The summed E-state index contributed by atoms with van der Waals surface area (Å²) in [4.78, 5) is 12.8. The molecule has 2 heterocycles. The first-order chi connectivity index (χ1) is 18.9. The minimum atomic E-state index is -0.518. The summed E-state index contributed by atoms with van der Waals surface area (Å²) in [5.41, 5.74) is 5.63. The summed E-state index contributed by atoms with van der Waals surface area (Å²) in [5.74, 6) is 1.05. The summed E-state index contributed by atoms with van der Waals surface area (Å²) < 4.78 is 19.5. The fourth-order valence-electron chi connectivity index (χ4n) is 4.91. The molecule has 39 heavy (non-hydrogen) atoms. The largest absolute Gasteiger partial charge is 0.493 e. The van der Waals surface area contributed by atoms with Crippen LogP contribution in [0.1, 0.15) is 51.3 Å². The number of aryl methyl sites for hydroxylation is 1. The molecule has 0 radical (unpaired) electrons. The van der Waals surface area contributed by atoms with E-state index >= 15 is 0 Å². The summed E-state index contributed by atoms with van der Waals surface area (Å²) in [6, 6.07) is 27.1. The fourth-order valence-corrected chi connectivity index (χ4v) is 5.83. The lowest BCUT2D eigenvalue weighted by Crippen LogP contribution is -2.33. The lowest BCUT2D eigenvalue weighted by atomic mass is 9.95. The molecule has 0 spiro atoms. The summed E-state index contributed by atoms with van der Waals surface area (Å²) in [5, 5.41) is 7.07. The molecule has 0 unspecified atom stereocenters. The maximum absolute atomic E-state index is 12.8. The number of hydrogen-bond acceptors (Lipinski definition) is 6. The van der Waals surface area contributed by atoms with Crippen LogP contribution in [0.15, 0.2) is 99.0 Å². The van der Waals surface area contributed by atoms with Crippen molar-refractivity contribution in [3.05, 3.63) is 122 Å². The Kier molecular flexibility index (Phi) is 6.91. The number of carbonyl (C=O) groups is 1. The van der Waals surface area contributed by atoms with Crippen molar-refractivity contribution >= 4 is 43.5 Å². The van der Waals surface area contributed by atoms with Crippen LogP contribution in [0.25, 0.3) is 0 Å². The highest BCUT2D eigenvalue weighted by Crippen LogP contribution is 2.50. The molecule has 2 atom stereocenters. The van der Waals surface area contributed by atoms with Crippen LogP contribution in [0, 0.1) is 6.92 Å². The summed E-state index contributed by atoms with van der Waals surface area (Å²) in [7, 11) is 1.55. The zero-order valence-corrected chi connectivity index (χ0v) is 24.4. The predicted octanol–water partition coefficient (Wildman–Crippen LogP) is 7.99. The third-order valence-corrected chi connectivity index (χ3v) is 7.96. The van der Waals surface area contributed by atoms with Gasteiger partial charge in [0.25, 0.3) is 0 Å². The third kappa shape index (κ3) is 4.94. The van der Waals surface area contributed by atoms with Crippen LogP contribution in [0.5, 0.6) is 17.2 Å². The monoisotopic (exact) mass is 646 g/mol. The molecular formula is C31H24Br2N2O4. The van der Waals surface area contributed by atoms with Gasteiger partial charge >= 0.3 is 5.97 Å². The van der Waals surface area contributed by atoms with Crippen molar-refractivity contribution in [2.75, 3.05) is 7.11 Å². The lowest BCUT2D eigenvalue weighted by molar-refractivity contribution is -0.0192. The van der Waals surface area contributed by atoms with Crippen LogP contribution in [0.4, 0.5) is 0 Å². The quantitative estimate of drug-likeness (QED) is 0.162. The maximum Gasteiger partial charge on any atom is 0.343 e. The van der Waals surface area contributed by atoms with E-state index in [0.29, 0.717) is 21.5 Å². The number of halogens is 2. The van der Waals surface area contributed by atoms with Gasteiger partial charge in [-0.3, -0.25) is 0 Å². The average molecular weight is 648 g/mol. The van der Waals surface area contributed by atoms with E-state index < -0.39 is 12.2 Å². The zero-order chi connectivity index (χ0) is 27.1. The number of hydrazone groups is 1. The summed E-state index contributed by atoms with van der Waals surface area (Å²) >= 11 is 7.21. The topological polar surface area (TPSA) is 60.4 Å². The first kappa shape index (κ1) is 25.6. The van der Waals surface area contributed by atoms with Gasteiger partial charge in [-0.15, -0.1) is 0 Å². The van der Waals surface area contributed by atoms with Gasteiger partial charge in [0.2, 0.25) is 6.23 Å². The Morgan fingerprint density at radius 2 is 1.77 bits per heavy atom. The predicted molar refractivity (Wildman–Crippen MR) is 157 cm³/mol. The Labute approximate surface area is 243 Å². The Morgan fingerprint density at radius 3 is 2.51 bits per heavy atom. The molecule has 0 saturated heterocycles. The molecule has 6 rings (SSSR count). The van der Waals surface area contributed by atoms with Crippen molar-refractivity contribution < 1.29 is 19.0 Å². The SMILES string of the molecule is COc1cc([C@@H]2Oc3ccc(Br)cc3[C@H]3CC(c4ccc(C)cc4)=NN32)cc(Br)c1OC(=O)c1ccccc1. The summed E-state index contributed by atoms with van der Waals surface area (Å²) in [6.45, 7) is 2.08. The van der Waals surface area contributed by atoms with E-state index in [0.717, 1.165) is 39.0 Å². The van der Waals surface area contributed by atoms with Crippen LogP contribution in [0.3, 0.4) is 0 Å². The number of nitrogens with zero attached hydrogens (tertiary/aromatic N) is 2. The second kappa shape index (κ2) is 10.5. The number of fused-ring (bicyclic) bond motifs is 3. The van der Waals surface area contributed by atoms with Gasteiger partial charge in [0.05, 0.1) is 28.9 Å². The lowest BCUT2D eigenvalue weighted by Gasteiger charge is -2.38. The van der Waals surface area contributed by atoms with Gasteiger partial charge in [0.15, 0.2) is 11.5 Å². The van der Waals surface area contributed by atoms with E-state index in [9.17, 15) is 4.79 Å². The van der Waals surface area contributed by atoms with E-state index in [1.54, 1.807) is 31.4 Å². The smallest absolute Gasteiger partial charge is 0.343 e. The third-order valence-electron chi connectivity index (χ3n) is 6.88. The van der Waals surface area contributed by atoms with Crippen LogP contribution in [0.2, 0.25) is 0 Å². The Hall–Kier alpha value is -3.62. The van der Waals surface area contributed by atoms with Crippen molar-refractivity contribution in [1.82, 2.24) is 5.01 Å². The van der Waals surface area contributed by atoms with Gasteiger partial charge < -0.3 is 14.2 Å².